The van der Waals surface area contributed by atoms with Crippen molar-refractivity contribution in [1.82, 2.24) is 15.2 Å². The highest BCUT2D eigenvalue weighted by atomic mass is 16.2. The smallest absolute Gasteiger partial charge is 0.255 e. The topological polar surface area (TPSA) is 79.4 Å². The van der Waals surface area contributed by atoms with Crippen molar-refractivity contribution in [2.45, 2.75) is 25.4 Å². The van der Waals surface area contributed by atoms with Crippen molar-refractivity contribution in [3.63, 3.8) is 0 Å². The van der Waals surface area contributed by atoms with Gasteiger partial charge < -0.3 is 4.90 Å². The van der Waals surface area contributed by atoms with Crippen LogP contribution in [0, 0.1) is 0 Å². The third-order valence-corrected chi connectivity index (χ3v) is 6.62. The predicted octanol–water partition coefficient (Wildman–Crippen LogP) is 4.33. The Morgan fingerprint density at radius 2 is 1.62 bits per heavy atom. The highest BCUT2D eigenvalue weighted by Gasteiger charge is 2.39. The number of piperidine rings is 1. The van der Waals surface area contributed by atoms with Gasteiger partial charge in [-0.25, -0.2) is 4.98 Å². The summed E-state index contributed by atoms with van der Waals surface area (Å²) >= 11 is 0. The molecule has 0 bridgehead atoms. The van der Waals surface area contributed by atoms with Crippen LogP contribution in [0.2, 0.25) is 0 Å². The maximum Gasteiger partial charge on any atom is 0.255 e. The summed E-state index contributed by atoms with van der Waals surface area (Å²) in [5.41, 5.74) is 6.32. The number of hydrogen-bond donors (Lipinski definition) is 1. The summed E-state index contributed by atoms with van der Waals surface area (Å²) in [6.07, 6.45) is 0.592. The number of fused-ring (bicyclic) bond motifs is 2. The van der Waals surface area contributed by atoms with Crippen LogP contribution < -0.4 is 5.32 Å². The Labute approximate surface area is 196 Å². The second-order valence-corrected chi connectivity index (χ2v) is 8.71. The number of amides is 3. The quantitative estimate of drug-likeness (QED) is 0.474. The largest absolute Gasteiger partial charge is 0.322 e. The molecule has 0 aliphatic carbocycles. The molecular weight excluding hydrogens is 426 g/mol. The summed E-state index contributed by atoms with van der Waals surface area (Å²) in [5, 5.41) is 3.43. The number of carbonyl (C=O) groups is 3. The summed E-state index contributed by atoms with van der Waals surface area (Å²) in [5.74, 6) is -0.863. The van der Waals surface area contributed by atoms with Crippen LogP contribution in [0.3, 0.4) is 0 Å². The van der Waals surface area contributed by atoms with Gasteiger partial charge in [-0.05, 0) is 47.4 Å². The Bertz CT molecular complexity index is 1480. The Balaban J connectivity index is 1.40. The first-order valence-electron chi connectivity index (χ1n) is 11.3. The van der Waals surface area contributed by atoms with Crippen molar-refractivity contribution in [2.75, 3.05) is 0 Å². The number of hydrogen-bond acceptors (Lipinski definition) is 4. The summed E-state index contributed by atoms with van der Waals surface area (Å²) in [6, 6.07) is 25.5. The van der Waals surface area contributed by atoms with E-state index in [1.165, 1.54) is 0 Å². The molecule has 1 N–H and O–H groups in total. The van der Waals surface area contributed by atoms with Crippen molar-refractivity contribution in [1.29, 1.82) is 0 Å². The molecule has 1 aromatic heterocycles. The average molecular weight is 447 g/mol. The Morgan fingerprint density at radius 3 is 2.44 bits per heavy atom. The number of aromatic nitrogens is 1. The van der Waals surface area contributed by atoms with E-state index >= 15 is 0 Å². The van der Waals surface area contributed by atoms with Crippen molar-refractivity contribution in [2.24, 2.45) is 0 Å². The molecule has 34 heavy (non-hydrogen) atoms. The second kappa shape index (κ2) is 7.92. The number of pyridine rings is 1. The van der Waals surface area contributed by atoms with Gasteiger partial charge in [0.25, 0.3) is 5.91 Å². The van der Waals surface area contributed by atoms with Gasteiger partial charge in [0.1, 0.15) is 6.04 Å². The molecule has 0 radical (unpaired) electrons. The van der Waals surface area contributed by atoms with E-state index in [1.807, 2.05) is 54.6 Å². The molecule has 6 heteroatoms. The average Bonchev–Trinajstić information content (AvgIpc) is 3.19. The molecule has 2 aliphatic rings. The van der Waals surface area contributed by atoms with Crippen LogP contribution in [0.1, 0.15) is 28.8 Å². The van der Waals surface area contributed by atoms with Crippen molar-refractivity contribution < 1.29 is 14.4 Å². The highest BCUT2D eigenvalue weighted by Crippen LogP contribution is 2.34. The standard InChI is InChI=1S/C28H21N3O3/c32-26-13-12-25(27(33)30-26)31-16-19-14-18(10-11-20(19)28(31)34)24-15-22(17-6-2-1-3-7-17)21-8-4-5-9-23(21)29-24/h1-11,14-15,25H,12-13,16H2,(H,30,32,33). The maximum absolute atomic E-state index is 13.0. The molecule has 1 atom stereocenters. The first kappa shape index (κ1) is 20.3. The summed E-state index contributed by atoms with van der Waals surface area (Å²) in [6.45, 7) is 0.341. The van der Waals surface area contributed by atoms with Gasteiger partial charge in [-0.3, -0.25) is 19.7 Å². The zero-order valence-corrected chi connectivity index (χ0v) is 18.3. The van der Waals surface area contributed by atoms with E-state index in [4.69, 9.17) is 4.98 Å². The lowest BCUT2D eigenvalue weighted by molar-refractivity contribution is -0.136. The molecule has 3 amide bonds. The minimum Gasteiger partial charge on any atom is -0.322 e. The van der Waals surface area contributed by atoms with Crippen LogP contribution in [0.5, 0.6) is 0 Å². The van der Waals surface area contributed by atoms with E-state index in [0.29, 0.717) is 18.5 Å². The van der Waals surface area contributed by atoms with E-state index in [9.17, 15) is 14.4 Å². The number of imide groups is 1. The monoisotopic (exact) mass is 447 g/mol. The van der Waals surface area contributed by atoms with Gasteiger partial charge in [0.2, 0.25) is 11.8 Å². The fraction of sp³-hybridized carbons (Fsp3) is 0.143. The lowest BCUT2D eigenvalue weighted by Gasteiger charge is -2.29. The fourth-order valence-corrected chi connectivity index (χ4v) is 4.91. The number of carbonyl (C=O) groups excluding carboxylic acids is 3. The molecule has 166 valence electrons. The van der Waals surface area contributed by atoms with E-state index < -0.39 is 11.9 Å². The zero-order valence-electron chi connectivity index (χ0n) is 18.3. The zero-order chi connectivity index (χ0) is 23.2. The molecule has 1 saturated heterocycles. The van der Waals surface area contributed by atoms with Crippen LogP contribution in [0.25, 0.3) is 33.3 Å². The molecule has 1 unspecified atom stereocenters. The van der Waals surface area contributed by atoms with Gasteiger partial charge in [-0.15, -0.1) is 0 Å². The van der Waals surface area contributed by atoms with E-state index in [1.54, 1.807) is 4.90 Å². The molecule has 6 nitrogen and oxygen atoms in total. The number of nitrogens with one attached hydrogen (secondary N) is 1. The van der Waals surface area contributed by atoms with Gasteiger partial charge >= 0.3 is 0 Å². The third kappa shape index (κ3) is 3.35. The van der Waals surface area contributed by atoms with Gasteiger partial charge in [0.15, 0.2) is 0 Å². The Morgan fingerprint density at radius 1 is 0.824 bits per heavy atom. The number of para-hydroxylation sites is 1. The van der Waals surface area contributed by atoms with Crippen LogP contribution in [-0.2, 0) is 16.1 Å². The van der Waals surface area contributed by atoms with Crippen molar-refractivity contribution >= 4 is 28.6 Å². The molecule has 0 spiro atoms. The lowest BCUT2D eigenvalue weighted by atomic mass is 9.97. The fourth-order valence-electron chi connectivity index (χ4n) is 4.91. The predicted molar refractivity (Wildman–Crippen MR) is 129 cm³/mol. The van der Waals surface area contributed by atoms with E-state index in [0.717, 1.165) is 38.9 Å². The molecule has 6 rings (SSSR count). The summed E-state index contributed by atoms with van der Waals surface area (Å²) < 4.78 is 0. The minimum absolute atomic E-state index is 0.174. The van der Waals surface area contributed by atoms with Gasteiger partial charge in [0.05, 0.1) is 11.2 Å². The SMILES string of the molecule is O=C1CCC(N2Cc3cc(-c4cc(-c5ccccc5)c5ccccc5n4)ccc3C2=O)C(=O)N1. The highest BCUT2D eigenvalue weighted by molar-refractivity contribution is 6.05. The van der Waals surface area contributed by atoms with Crippen LogP contribution in [0.4, 0.5) is 0 Å². The van der Waals surface area contributed by atoms with Crippen LogP contribution in [0.15, 0.2) is 78.9 Å². The van der Waals surface area contributed by atoms with Crippen molar-refractivity contribution in [3.8, 4) is 22.4 Å². The molecule has 4 aromatic rings. The van der Waals surface area contributed by atoms with Gasteiger partial charge in [-0.1, -0.05) is 54.6 Å². The molecule has 3 aromatic carbocycles. The summed E-state index contributed by atoms with van der Waals surface area (Å²) in [7, 11) is 0. The Hall–Kier alpha value is -4.32. The van der Waals surface area contributed by atoms with Crippen LogP contribution in [-0.4, -0.2) is 33.6 Å². The first-order chi connectivity index (χ1) is 16.6. The normalized spacial score (nSPS) is 17.7. The molecule has 1 fully saturated rings. The Kier molecular flexibility index (Phi) is 4.73. The van der Waals surface area contributed by atoms with E-state index in [2.05, 4.69) is 29.6 Å². The number of rotatable bonds is 3. The third-order valence-electron chi connectivity index (χ3n) is 6.62. The minimum atomic E-state index is -0.621. The van der Waals surface area contributed by atoms with E-state index in [-0.39, 0.29) is 18.2 Å². The van der Waals surface area contributed by atoms with Gasteiger partial charge in [-0.2, -0.15) is 0 Å². The molecular formula is C28H21N3O3. The first-order valence-corrected chi connectivity index (χ1v) is 11.3. The molecule has 0 saturated carbocycles. The maximum atomic E-state index is 13.0. The van der Waals surface area contributed by atoms with Gasteiger partial charge in [0, 0.05) is 29.5 Å². The molecule has 3 heterocycles. The lowest BCUT2D eigenvalue weighted by Crippen LogP contribution is -2.52. The molecule has 2 aliphatic heterocycles. The number of nitrogens with zero attached hydrogens (tertiary/aromatic N) is 2. The summed E-state index contributed by atoms with van der Waals surface area (Å²) in [4.78, 5) is 43.4. The van der Waals surface area contributed by atoms with Crippen molar-refractivity contribution in [3.05, 3.63) is 90.0 Å². The number of benzene rings is 3. The van der Waals surface area contributed by atoms with Crippen LogP contribution >= 0.6 is 0 Å². The second-order valence-electron chi connectivity index (χ2n) is 8.71.